The number of carbonyl (C=O) groups excluding carboxylic acids is 4. The molecule has 12 heterocycles. The number of rotatable bonds is 36. The molecule has 0 saturated carbocycles. The van der Waals surface area contributed by atoms with Crippen molar-refractivity contribution < 1.29 is 292 Å². The summed E-state index contributed by atoms with van der Waals surface area (Å²) in [6.45, 7) is -5.58. The molecule has 828 valence electrons. The van der Waals surface area contributed by atoms with Crippen molar-refractivity contribution in [2.24, 2.45) is 0 Å². The van der Waals surface area contributed by atoms with Crippen LogP contribution >= 0.6 is 0 Å². The molecule has 0 aromatic heterocycles. The Balaban J connectivity index is 0.868. The fourth-order valence-corrected chi connectivity index (χ4v) is 18.7. The first-order valence-electron chi connectivity index (χ1n) is 45.9. The van der Waals surface area contributed by atoms with E-state index in [2.05, 4.69) is 21.3 Å². The molecular formula is C80H134N4O59. The van der Waals surface area contributed by atoms with Crippen LogP contribution in [0.15, 0.2) is 0 Å². The van der Waals surface area contributed by atoms with E-state index in [1.807, 2.05) is 0 Å². The van der Waals surface area contributed by atoms with E-state index in [1.54, 1.807) is 0 Å². The Morgan fingerprint density at radius 2 is 0.441 bits per heavy atom. The van der Waals surface area contributed by atoms with Crippen LogP contribution in [0, 0.1) is 0 Å². The van der Waals surface area contributed by atoms with Crippen LogP contribution < -0.4 is 21.3 Å². The molecule has 12 rings (SSSR count). The van der Waals surface area contributed by atoms with Crippen LogP contribution in [-0.2, 0) is 128 Å². The Bertz CT molecular complexity index is 3960. The van der Waals surface area contributed by atoms with Crippen molar-refractivity contribution in [3.63, 3.8) is 0 Å². The van der Waals surface area contributed by atoms with Crippen LogP contribution in [-0.4, -0.2) is 621 Å². The van der Waals surface area contributed by atoms with Crippen molar-refractivity contribution in [3.8, 4) is 0 Å². The second-order valence-corrected chi connectivity index (χ2v) is 36.6. The summed E-state index contributed by atoms with van der Waals surface area (Å²) in [7, 11) is 0. The third kappa shape index (κ3) is 25.8. The van der Waals surface area contributed by atoms with Crippen molar-refractivity contribution in [1.82, 2.24) is 21.3 Å². The lowest BCUT2D eigenvalue weighted by Crippen LogP contribution is -2.71. The van der Waals surface area contributed by atoms with Crippen molar-refractivity contribution >= 4 is 23.6 Å². The SMILES string of the molecule is CC(=O)N[C@H]1[C@H](OC[C@H]2O[C@@H](O[C@H]3[C@H](O)[C@@H](NC(C)=O)[C@H](OC[C@H]4O[C@@H](O[C@H]5[C@H](O)[C@@H](O)C(O)O[C@@H]5CO)[C@H](O)[C@@H](O[C@@H]5O[C@H](CO)[C@@H](O)[C@H](O[C@@H]6O[C@H](CO)[C@H](O)[C@H](O)[C@H]6O[C@@H]6O[C@@H](C)[C@@H](O)[C@@H](O)[C@@H]6O)[C@H]5NC(C)=O)[C@H]4O)O[C@@H]3CO)[C@H](O)[C@@H](O[C@@H]3O[C@H](CO)[C@@H](O[C@@H]4O[C@@H](C)[C@@H](O)[C@@H](O)[C@@H]4O)[C@H](O[C@@H]4O[C@H](CO)[C@H](O)[C@H](O)[C@H]4O)[C@H]3NC(C)=O)[C@H]2O)O[C@H](CO)[C@@H](O[C@@H]2O[C@H](CO)[C@H](O)[C@H](O)[C@H]2O)[C@@H]1O. The molecule has 0 spiro atoms. The summed E-state index contributed by atoms with van der Waals surface area (Å²) in [4.78, 5) is 53.7. The van der Waals surface area contributed by atoms with E-state index >= 15 is 0 Å². The predicted molar refractivity (Wildman–Crippen MR) is 439 cm³/mol. The maximum Gasteiger partial charge on any atom is 0.217 e. The van der Waals surface area contributed by atoms with Crippen molar-refractivity contribution in [2.45, 2.75) is 410 Å². The number of carbonyl (C=O) groups is 4. The van der Waals surface area contributed by atoms with Gasteiger partial charge in [0.2, 0.25) is 23.6 Å². The van der Waals surface area contributed by atoms with Crippen molar-refractivity contribution in [1.29, 1.82) is 0 Å². The van der Waals surface area contributed by atoms with Gasteiger partial charge in [0.15, 0.2) is 75.5 Å². The molecule has 63 heteroatoms. The minimum Gasteiger partial charge on any atom is -0.394 e. The van der Waals surface area contributed by atoms with Gasteiger partial charge in [-0.15, -0.1) is 0 Å². The Kier molecular flexibility index (Phi) is 41.8. The lowest BCUT2D eigenvalue weighted by Gasteiger charge is -2.52. The summed E-state index contributed by atoms with van der Waals surface area (Å²) in [5, 5.41) is 369. The summed E-state index contributed by atoms with van der Waals surface area (Å²) in [6, 6.07) is -8.19. The standard InChI is InChI=1S/C80H134N4O59/c1-17-37(97)47(107)54(114)74(123-17)138-63-30(14-92)132-73(36(84-22(6)96)65(63)140-77-57(117)50(110)40(100)24(8-86)128-77)142-67-44(104)31(15-121-70-33(81-19(3)93)45(105)60(28(12-90)130-70)135-76-56(116)49(109)39(99)23(7-85)127-76)133-78(58(67)118)136-61-29(13-91)131-71(34(46(61)106)82-20(4)94)122-16-32-43(103)66(59(119)79(134-32)137-62-27(11-89)125-69(120)53(113)52(62)112)141-72-35(83-21(5)95)64(42(102)26(10-88)126-72)139-80-68(51(111)41(101)25(9-87)129-80)143-75-55(115)48(108)38(98)18(2)124-75/h17-18,23-80,85-92,97-120H,7-16H2,1-6H3,(H,81,93)(H,82,94)(H,83,95)(H,84,96)/t17-,18-,23+,24+,25+,26+,27+,28+,29+,30+,31+,32+,33+,34+,35+,36+,37+,38+,39-,40-,41-,42+,43-,44-,45+,46+,47+,48+,49-,50-,51-,52+,53+,54-,55-,56+,57+,58+,59+,60+,61+,62+,63+,64+,65+,66-,67-,68+,69?,70+,71+,72-,73-,74-,75-,76-,77-,78-,79-,80-/m0/s1. The number of ether oxygens (including phenoxy) is 23. The molecule has 60 atom stereocenters. The van der Waals surface area contributed by atoms with Crippen LogP contribution in [0.3, 0.4) is 0 Å². The Hall–Kier alpha value is -4.32. The normalized spacial score (nSPS) is 50.7. The molecular weight excluding hydrogens is 1960 g/mol. The number of aliphatic hydroxyl groups excluding tert-OH is 32. The molecule has 63 nitrogen and oxygen atoms in total. The highest BCUT2D eigenvalue weighted by Crippen LogP contribution is 2.43. The summed E-state index contributed by atoms with van der Waals surface area (Å²) >= 11 is 0. The third-order valence-corrected chi connectivity index (χ3v) is 26.6. The number of amides is 4. The fraction of sp³-hybridized carbons (Fsp3) is 0.950. The molecule has 0 aromatic carbocycles. The van der Waals surface area contributed by atoms with Crippen molar-refractivity contribution in [2.75, 3.05) is 66.1 Å². The number of aliphatic hydroxyl groups is 32. The molecule has 12 saturated heterocycles. The molecule has 0 aromatic rings. The monoisotopic (exact) mass is 2090 g/mol. The molecule has 4 amide bonds. The zero-order valence-corrected chi connectivity index (χ0v) is 77.0. The number of nitrogens with one attached hydrogen (secondary N) is 4. The number of hydrogen-bond acceptors (Lipinski definition) is 59. The first-order valence-corrected chi connectivity index (χ1v) is 45.9. The van der Waals surface area contributed by atoms with E-state index in [4.69, 9.17) is 109 Å². The fourth-order valence-electron chi connectivity index (χ4n) is 18.7. The van der Waals surface area contributed by atoms with Crippen LogP contribution in [0.2, 0.25) is 0 Å². The lowest BCUT2D eigenvalue weighted by molar-refractivity contribution is -0.394. The summed E-state index contributed by atoms with van der Waals surface area (Å²) in [6.07, 6.45) is -119. The van der Waals surface area contributed by atoms with Gasteiger partial charge in [-0.1, -0.05) is 0 Å². The summed E-state index contributed by atoms with van der Waals surface area (Å²) < 4.78 is 138. The van der Waals surface area contributed by atoms with Gasteiger partial charge in [0.1, 0.15) is 281 Å². The zero-order chi connectivity index (χ0) is 105. The minimum absolute atomic E-state index is 0.877. The van der Waals surface area contributed by atoms with E-state index < -0.39 is 458 Å². The topological polar surface area (TPSA) is 976 Å². The summed E-state index contributed by atoms with van der Waals surface area (Å²) in [5.41, 5.74) is 0. The highest BCUT2D eigenvalue weighted by molar-refractivity contribution is 5.74. The van der Waals surface area contributed by atoms with E-state index in [0.29, 0.717) is 0 Å². The van der Waals surface area contributed by atoms with Gasteiger partial charge in [0.25, 0.3) is 0 Å². The number of hydrogen-bond donors (Lipinski definition) is 36. The highest BCUT2D eigenvalue weighted by atomic mass is 16.8. The average molecular weight is 2100 g/mol. The third-order valence-electron chi connectivity index (χ3n) is 26.6. The zero-order valence-electron chi connectivity index (χ0n) is 77.0. The lowest BCUT2D eigenvalue weighted by atomic mass is 9.93. The maximum atomic E-state index is 13.7. The molecule has 0 aliphatic carbocycles. The van der Waals surface area contributed by atoms with E-state index in [9.17, 15) is 183 Å². The first kappa shape index (κ1) is 117. The molecule has 12 fully saturated rings. The molecule has 143 heavy (non-hydrogen) atoms. The van der Waals surface area contributed by atoms with Crippen molar-refractivity contribution in [3.05, 3.63) is 0 Å². The van der Waals surface area contributed by atoms with E-state index in [0.717, 1.165) is 27.7 Å². The van der Waals surface area contributed by atoms with Gasteiger partial charge in [-0.25, -0.2) is 0 Å². The van der Waals surface area contributed by atoms with Gasteiger partial charge in [0.05, 0.1) is 78.3 Å². The highest BCUT2D eigenvalue weighted by Gasteiger charge is 2.64. The van der Waals surface area contributed by atoms with Crippen LogP contribution in [0.5, 0.6) is 0 Å². The second kappa shape index (κ2) is 51.0. The van der Waals surface area contributed by atoms with Gasteiger partial charge in [-0.3, -0.25) is 19.2 Å². The van der Waals surface area contributed by atoms with Crippen LogP contribution in [0.4, 0.5) is 0 Å². The van der Waals surface area contributed by atoms with Crippen LogP contribution in [0.1, 0.15) is 41.5 Å². The predicted octanol–water partition coefficient (Wildman–Crippen LogP) is -24.5. The van der Waals surface area contributed by atoms with E-state index in [-0.39, 0.29) is 0 Å². The average Bonchev–Trinajstić information content (AvgIpc) is 0.753. The van der Waals surface area contributed by atoms with Gasteiger partial charge in [-0.05, 0) is 13.8 Å². The smallest absolute Gasteiger partial charge is 0.217 e. The quantitative estimate of drug-likeness (QED) is 0.0277. The Morgan fingerprint density at radius 1 is 0.196 bits per heavy atom. The van der Waals surface area contributed by atoms with Gasteiger partial charge in [0, 0.05) is 27.7 Å². The van der Waals surface area contributed by atoms with Gasteiger partial charge in [-0.2, -0.15) is 0 Å². The largest absolute Gasteiger partial charge is 0.394 e. The van der Waals surface area contributed by atoms with E-state index in [1.165, 1.54) is 13.8 Å². The van der Waals surface area contributed by atoms with Gasteiger partial charge < -0.3 is 294 Å². The molecule has 0 radical (unpaired) electrons. The van der Waals surface area contributed by atoms with Gasteiger partial charge >= 0.3 is 0 Å². The Morgan fingerprint density at radius 3 is 0.825 bits per heavy atom. The molecule has 36 N–H and O–H groups in total. The maximum absolute atomic E-state index is 13.7. The van der Waals surface area contributed by atoms with Crippen LogP contribution in [0.25, 0.3) is 0 Å². The Labute approximate surface area is 809 Å². The molecule has 0 bridgehead atoms. The minimum atomic E-state index is -2.65. The second-order valence-electron chi connectivity index (χ2n) is 36.6. The first-order chi connectivity index (χ1) is 67.6. The summed E-state index contributed by atoms with van der Waals surface area (Å²) in [5.74, 6) is -4.10. The molecule has 12 aliphatic rings. The molecule has 1 unspecified atom stereocenters. The molecule has 12 aliphatic heterocycles.